The third kappa shape index (κ3) is 6.28. The topological polar surface area (TPSA) is 123 Å². The molecule has 38 heavy (non-hydrogen) atoms. The molecule has 0 aliphatic heterocycles. The van der Waals surface area contributed by atoms with E-state index in [9.17, 15) is 18.0 Å². The molecular weight excluding hydrogens is 530 g/mol. The van der Waals surface area contributed by atoms with Gasteiger partial charge in [-0.05, 0) is 64.9 Å². The van der Waals surface area contributed by atoms with Gasteiger partial charge in [-0.3, -0.25) is 9.59 Å². The van der Waals surface area contributed by atoms with E-state index < -0.39 is 16.0 Å². The zero-order chi connectivity index (χ0) is 27.3. The Morgan fingerprint density at radius 3 is 2.34 bits per heavy atom. The predicted octanol–water partition coefficient (Wildman–Crippen LogP) is 4.99. The first-order valence-corrected chi connectivity index (χ1v) is 13.0. The fraction of sp³-hybridized carbons (Fsp3) is 0.0741. The molecule has 2 amide bonds. The first kappa shape index (κ1) is 26.6. The molecule has 2 N–H and O–H groups in total. The lowest BCUT2D eigenvalue weighted by atomic mass is 10.1. The number of ether oxygens (including phenoxy) is 1. The first-order valence-electron chi connectivity index (χ1n) is 11.2. The van der Waals surface area contributed by atoms with Crippen LogP contribution in [-0.2, 0) is 14.9 Å². The summed E-state index contributed by atoms with van der Waals surface area (Å²) in [6.07, 6.45) is 1.34. The van der Waals surface area contributed by atoms with Gasteiger partial charge < -0.3 is 14.2 Å². The summed E-state index contributed by atoms with van der Waals surface area (Å²) < 4.78 is 36.2. The summed E-state index contributed by atoms with van der Waals surface area (Å²) in [6, 6.07) is 21.3. The summed E-state index contributed by atoms with van der Waals surface area (Å²) in [4.78, 5) is 23.5. The number of halogens is 1. The number of amides is 2. The average molecular weight is 552 g/mol. The van der Waals surface area contributed by atoms with Crippen LogP contribution in [0, 0.1) is 0 Å². The van der Waals surface area contributed by atoms with E-state index in [4.69, 9.17) is 20.5 Å². The van der Waals surface area contributed by atoms with Gasteiger partial charge in [0.25, 0.3) is 5.91 Å². The summed E-state index contributed by atoms with van der Waals surface area (Å²) in [5.41, 5.74) is 3.75. The Hall–Kier alpha value is -4.41. The van der Waals surface area contributed by atoms with Gasteiger partial charge in [0.15, 0.2) is 5.75 Å². The van der Waals surface area contributed by atoms with Gasteiger partial charge in [0.1, 0.15) is 4.90 Å². The van der Waals surface area contributed by atoms with E-state index in [-0.39, 0.29) is 27.3 Å². The number of hydrogen-bond donors (Lipinski definition) is 2. The van der Waals surface area contributed by atoms with Gasteiger partial charge in [-0.1, -0.05) is 41.9 Å². The number of methoxy groups -OCH3 is 1. The lowest BCUT2D eigenvalue weighted by molar-refractivity contribution is -0.114. The predicted molar refractivity (Wildman–Crippen MR) is 146 cm³/mol. The Morgan fingerprint density at radius 1 is 0.947 bits per heavy atom. The van der Waals surface area contributed by atoms with E-state index in [2.05, 4.69) is 15.8 Å². The van der Waals surface area contributed by atoms with E-state index in [0.29, 0.717) is 16.8 Å². The van der Waals surface area contributed by atoms with Crippen molar-refractivity contribution in [1.29, 1.82) is 0 Å². The number of benzene rings is 4. The second kappa shape index (κ2) is 11.3. The SMILES string of the molecule is COc1cc(/C=N\NC(=O)c2ccc3ccccc3c2)cc(Cl)c1OS(=O)(=O)c1ccc(NC(C)=O)cc1. The zero-order valence-electron chi connectivity index (χ0n) is 20.3. The molecule has 0 radical (unpaired) electrons. The van der Waals surface area contributed by atoms with Crippen LogP contribution in [-0.4, -0.2) is 33.6 Å². The third-order valence-electron chi connectivity index (χ3n) is 5.30. The quantitative estimate of drug-likeness (QED) is 0.181. The molecule has 0 fully saturated rings. The second-order valence-electron chi connectivity index (χ2n) is 8.04. The maximum atomic E-state index is 12.8. The van der Waals surface area contributed by atoms with E-state index in [1.54, 1.807) is 12.1 Å². The number of anilines is 1. The van der Waals surface area contributed by atoms with E-state index in [0.717, 1.165) is 10.8 Å². The monoisotopic (exact) mass is 551 g/mol. The van der Waals surface area contributed by atoms with Crippen LogP contribution >= 0.6 is 11.6 Å². The maximum Gasteiger partial charge on any atom is 0.339 e. The molecule has 194 valence electrons. The van der Waals surface area contributed by atoms with Crippen molar-refractivity contribution in [3.05, 3.63) is 95.0 Å². The largest absolute Gasteiger partial charge is 0.493 e. The number of hydrogen-bond acceptors (Lipinski definition) is 7. The molecule has 0 atom stereocenters. The molecule has 11 heteroatoms. The van der Waals surface area contributed by atoms with Crippen LogP contribution in [0.15, 0.2) is 88.9 Å². The van der Waals surface area contributed by atoms with Gasteiger partial charge >= 0.3 is 10.1 Å². The molecule has 0 aromatic heterocycles. The van der Waals surface area contributed by atoms with Crippen LogP contribution in [0.4, 0.5) is 5.69 Å². The number of carbonyl (C=O) groups is 2. The second-order valence-corrected chi connectivity index (χ2v) is 9.99. The van der Waals surface area contributed by atoms with Crippen molar-refractivity contribution in [2.24, 2.45) is 5.10 Å². The molecule has 9 nitrogen and oxygen atoms in total. The summed E-state index contributed by atoms with van der Waals surface area (Å²) in [6.45, 7) is 1.34. The highest BCUT2D eigenvalue weighted by molar-refractivity contribution is 7.87. The fourth-order valence-electron chi connectivity index (χ4n) is 3.52. The molecule has 0 saturated heterocycles. The third-order valence-corrected chi connectivity index (χ3v) is 6.82. The highest BCUT2D eigenvalue weighted by Gasteiger charge is 2.22. The molecule has 0 heterocycles. The van der Waals surface area contributed by atoms with E-state index >= 15 is 0 Å². The Balaban J connectivity index is 1.49. The zero-order valence-corrected chi connectivity index (χ0v) is 21.8. The van der Waals surface area contributed by atoms with Crippen molar-refractivity contribution >= 4 is 56.2 Å². The number of carbonyl (C=O) groups excluding carboxylic acids is 2. The molecule has 0 bridgehead atoms. The molecule has 4 aromatic rings. The van der Waals surface area contributed by atoms with Crippen molar-refractivity contribution in [2.45, 2.75) is 11.8 Å². The van der Waals surface area contributed by atoms with Crippen molar-refractivity contribution in [3.63, 3.8) is 0 Å². The normalized spacial score (nSPS) is 11.3. The van der Waals surface area contributed by atoms with Gasteiger partial charge in [0, 0.05) is 18.2 Å². The van der Waals surface area contributed by atoms with Crippen LogP contribution in [0.25, 0.3) is 10.8 Å². The summed E-state index contributed by atoms with van der Waals surface area (Å²) in [5.74, 6) is -0.860. The Bertz CT molecular complexity index is 1650. The standard InChI is InChI=1S/C27H22ClN3O6S/c1-17(32)30-22-9-11-23(12-10-22)38(34,35)37-26-24(28)13-18(14-25(26)36-2)16-29-31-27(33)21-8-7-19-5-3-4-6-20(19)15-21/h3-16H,1-2H3,(H,30,32)(H,31,33)/b29-16-. The Labute approximate surface area is 224 Å². The van der Waals surface area contributed by atoms with Gasteiger partial charge in [0.2, 0.25) is 11.7 Å². The summed E-state index contributed by atoms with van der Waals surface area (Å²) in [7, 11) is -2.94. The Kier molecular flexibility index (Phi) is 7.94. The van der Waals surface area contributed by atoms with Crippen LogP contribution in [0.2, 0.25) is 5.02 Å². The number of nitrogens with one attached hydrogen (secondary N) is 2. The molecular formula is C27H22ClN3O6S. The number of rotatable bonds is 8. The van der Waals surface area contributed by atoms with Crippen molar-refractivity contribution in [3.8, 4) is 11.5 Å². The molecule has 4 rings (SSSR count). The summed E-state index contributed by atoms with van der Waals surface area (Å²) >= 11 is 6.32. The fourth-order valence-corrected chi connectivity index (χ4v) is 4.78. The molecule has 0 saturated carbocycles. The minimum atomic E-state index is -4.27. The van der Waals surface area contributed by atoms with Crippen molar-refractivity contribution in [2.75, 3.05) is 12.4 Å². The Morgan fingerprint density at radius 2 is 1.66 bits per heavy atom. The number of nitrogens with zero attached hydrogens (tertiary/aromatic N) is 1. The highest BCUT2D eigenvalue weighted by Crippen LogP contribution is 2.38. The molecule has 4 aromatic carbocycles. The lowest BCUT2D eigenvalue weighted by Crippen LogP contribution is -2.17. The summed E-state index contributed by atoms with van der Waals surface area (Å²) in [5, 5.41) is 8.41. The average Bonchev–Trinajstić information content (AvgIpc) is 2.89. The van der Waals surface area contributed by atoms with Gasteiger partial charge in [0.05, 0.1) is 18.3 Å². The van der Waals surface area contributed by atoms with Crippen LogP contribution in [0.5, 0.6) is 11.5 Å². The maximum absolute atomic E-state index is 12.8. The minimum Gasteiger partial charge on any atom is -0.493 e. The van der Waals surface area contributed by atoms with E-state index in [1.165, 1.54) is 56.6 Å². The van der Waals surface area contributed by atoms with Crippen LogP contribution < -0.4 is 19.7 Å². The molecule has 0 aliphatic rings. The van der Waals surface area contributed by atoms with Crippen molar-refractivity contribution in [1.82, 2.24) is 5.43 Å². The molecule has 0 aliphatic carbocycles. The highest BCUT2D eigenvalue weighted by atomic mass is 35.5. The van der Waals surface area contributed by atoms with Gasteiger partial charge in [-0.25, -0.2) is 5.43 Å². The number of hydrazone groups is 1. The lowest BCUT2D eigenvalue weighted by Gasteiger charge is -2.13. The number of fused-ring (bicyclic) bond motifs is 1. The molecule has 0 spiro atoms. The van der Waals surface area contributed by atoms with Gasteiger partial charge in [-0.15, -0.1) is 0 Å². The van der Waals surface area contributed by atoms with Gasteiger partial charge in [-0.2, -0.15) is 13.5 Å². The van der Waals surface area contributed by atoms with Crippen molar-refractivity contribution < 1.29 is 26.9 Å². The van der Waals surface area contributed by atoms with E-state index in [1.807, 2.05) is 30.3 Å². The molecule has 0 unspecified atom stereocenters. The first-order chi connectivity index (χ1) is 18.2. The van der Waals surface area contributed by atoms with Crippen LogP contribution in [0.1, 0.15) is 22.8 Å². The van der Waals surface area contributed by atoms with Crippen LogP contribution in [0.3, 0.4) is 0 Å². The smallest absolute Gasteiger partial charge is 0.339 e. The minimum absolute atomic E-state index is 0.0400.